The fourth-order valence-corrected chi connectivity index (χ4v) is 3.48. The lowest BCUT2D eigenvalue weighted by Crippen LogP contribution is -2.24. The first-order chi connectivity index (χ1) is 15.7. The summed E-state index contributed by atoms with van der Waals surface area (Å²) in [5.41, 5.74) is 1.01. The second kappa shape index (κ2) is 10.5. The number of hydrogen-bond donors (Lipinski definition) is 1. The summed E-state index contributed by atoms with van der Waals surface area (Å²) in [6.07, 6.45) is 5.76. The Morgan fingerprint density at radius 3 is 2.39 bits per heavy atom. The molecule has 2 aromatic carbocycles. The maximum absolute atomic E-state index is 12.8. The number of rotatable bonds is 8. The number of carbonyl (C=O) groups is 2. The van der Waals surface area contributed by atoms with Gasteiger partial charge in [-0.3, -0.25) is 9.59 Å². The molecule has 1 aromatic heterocycles. The lowest BCUT2D eigenvalue weighted by atomic mass is 10.0. The van der Waals surface area contributed by atoms with Gasteiger partial charge in [0.25, 0.3) is 5.91 Å². The highest BCUT2D eigenvalue weighted by Crippen LogP contribution is 2.24. The molecule has 0 bridgehead atoms. The number of nitrogens with one attached hydrogen (secondary N) is 1. The predicted molar refractivity (Wildman–Crippen MR) is 130 cm³/mol. The van der Waals surface area contributed by atoms with Crippen LogP contribution in [0.25, 0.3) is 11.0 Å². The lowest BCUT2D eigenvalue weighted by Gasteiger charge is -2.19. The van der Waals surface area contributed by atoms with Crippen LogP contribution in [0.5, 0.6) is 0 Å². The Labute approximate surface area is 194 Å². The molecule has 0 radical (unpaired) electrons. The molecule has 0 atom stereocenters. The first-order valence-corrected chi connectivity index (χ1v) is 11.4. The van der Waals surface area contributed by atoms with E-state index in [2.05, 4.69) is 12.2 Å². The van der Waals surface area contributed by atoms with Gasteiger partial charge in [-0.15, -0.1) is 0 Å². The van der Waals surface area contributed by atoms with Crippen LogP contribution in [0.3, 0.4) is 0 Å². The number of anilines is 1. The Bertz CT molecular complexity index is 1190. The number of hydrogen-bond acceptors (Lipinski definition) is 5. The zero-order valence-corrected chi connectivity index (χ0v) is 19.7. The average Bonchev–Trinajstić information content (AvgIpc) is 2.76. The van der Waals surface area contributed by atoms with Crippen molar-refractivity contribution in [2.75, 3.05) is 5.32 Å². The minimum absolute atomic E-state index is 0.131. The maximum atomic E-state index is 12.8. The van der Waals surface area contributed by atoms with Crippen LogP contribution in [0.4, 0.5) is 5.69 Å². The molecule has 6 heteroatoms. The van der Waals surface area contributed by atoms with Crippen LogP contribution in [-0.2, 0) is 11.2 Å². The van der Waals surface area contributed by atoms with Gasteiger partial charge in [0.05, 0.1) is 11.1 Å². The lowest BCUT2D eigenvalue weighted by molar-refractivity contribution is 0.00364. The van der Waals surface area contributed by atoms with Gasteiger partial charge in [-0.05, 0) is 63.4 Å². The predicted octanol–water partition coefficient (Wildman–Crippen LogP) is 6.12. The molecule has 1 N–H and O–H groups in total. The summed E-state index contributed by atoms with van der Waals surface area (Å²) < 4.78 is 11.0. The second-order valence-corrected chi connectivity index (χ2v) is 9.12. The molecule has 6 nitrogen and oxygen atoms in total. The average molecular weight is 450 g/mol. The Kier molecular flexibility index (Phi) is 7.69. The molecule has 0 unspecified atom stereocenters. The quantitative estimate of drug-likeness (QED) is 0.331. The van der Waals surface area contributed by atoms with Crippen LogP contribution in [0.15, 0.2) is 57.7 Å². The molecule has 0 fully saturated rings. The van der Waals surface area contributed by atoms with Crippen molar-refractivity contribution in [2.45, 2.75) is 65.4 Å². The number of esters is 1. The number of unbranched alkanes of at least 4 members (excludes halogenated alkanes) is 3. The minimum atomic E-state index is -0.739. The number of para-hydroxylation sites is 1. The number of carbonyl (C=O) groups excluding carboxylic acids is 2. The normalized spacial score (nSPS) is 11.4. The molecule has 174 valence electrons. The standard InChI is InChI=1S/C27H31NO5/c1-5-6-7-8-10-18-13-15-19(16-14-18)25(30)28-21-12-9-11-20-22(29)17-23(32-24(20)21)26(31)33-27(2,3)4/h9,11-17H,5-8,10H2,1-4H3,(H,28,30). The van der Waals surface area contributed by atoms with Crippen LogP contribution in [0.1, 0.15) is 79.9 Å². The summed E-state index contributed by atoms with van der Waals surface area (Å²) in [5, 5.41) is 3.06. The van der Waals surface area contributed by atoms with Gasteiger partial charge >= 0.3 is 5.97 Å². The molecule has 1 amide bonds. The summed E-state index contributed by atoms with van der Waals surface area (Å²) in [7, 11) is 0. The Balaban J connectivity index is 1.81. The van der Waals surface area contributed by atoms with Gasteiger partial charge in [0.15, 0.2) is 11.0 Å². The molecule has 0 saturated heterocycles. The van der Waals surface area contributed by atoms with Crippen LogP contribution >= 0.6 is 0 Å². The SMILES string of the molecule is CCCCCCc1ccc(C(=O)Nc2cccc3c(=O)cc(C(=O)OC(C)(C)C)oc23)cc1. The van der Waals surface area contributed by atoms with Gasteiger partial charge in [-0.1, -0.05) is 44.4 Å². The van der Waals surface area contributed by atoms with Gasteiger partial charge in [0.1, 0.15) is 5.60 Å². The summed E-state index contributed by atoms with van der Waals surface area (Å²) in [4.78, 5) is 37.8. The molecule has 0 aliphatic rings. The highest BCUT2D eigenvalue weighted by molar-refractivity contribution is 6.08. The van der Waals surface area contributed by atoms with E-state index in [0.29, 0.717) is 11.3 Å². The topological polar surface area (TPSA) is 85.6 Å². The monoisotopic (exact) mass is 449 g/mol. The Hall–Kier alpha value is -3.41. The third kappa shape index (κ3) is 6.54. The van der Waals surface area contributed by atoms with Gasteiger partial charge in [0.2, 0.25) is 5.76 Å². The van der Waals surface area contributed by atoms with E-state index >= 15 is 0 Å². The van der Waals surface area contributed by atoms with Crippen molar-refractivity contribution in [1.82, 2.24) is 0 Å². The highest BCUT2D eigenvalue weighted by atomic mass is 16.6. The molecule has 3 aromatic rings. The largest absolute Gasteiger partial charge is 0.454 e. The molecular weight excluding hydrogens is 418 g/mol. The number of aryl methyl sites for hydroxylation is 1. The van der Waals surface area contributed by atoms with E-state index in [1.54, 1.807) is 51.1 Å². The number of ether oxygens (including phenoxy) is 1. The fourth-order valence-electron chi connectivity index (χ4n) is 3.48. The molecule has 3 rings (SSSR count). The molecular formula is C27H31NO5. The van der Waals surface area contributed by atoms with Gasteiger partial charge < -0.3 is 14.5 Å². The van der Waals surface area contributed by atoms with Crippen molar-refractivity contribution in [3.05, 3.63) is 75.6 Å². The van der Waals surface area contributed by atoms with E-state index in [-0.39, 0.29) is 28.1 Å². The first kappa shape index (κ1) is 24.2. The van der Waals surface area contributed by atoms with Gasteiger partial charge in [-0.25, -0.2) is 4.79 Å². The van der Waals surface area contributed by atoms with Crippen molar-refractivity contribution in [1.29, 1.82) is 0 Å². The zero-order chi connectivity index (χ0) is 24.0. The fraction of sp³-hybridized carbons (Fsp3) is 0.370. The molecule has 1 heterocycles. The van der Waals surface area contributed by atoms with Gasteiger partial charge in [0, 0.05) is 11.6 Å². The van der Waals surface area contributed by atoms with Crippen LogP contribution < -0.4 is 10.7 Å². The van der Waals surface area contributed by atoms with Crippen molar-refractivity contribution >= 4 is 28.5 Å². The first-order valence-electron chi connectivity index (χ1n) is 11.4. The summed E-state index contributed by atoms with van der Waals surface area (Å²) in [5.74, 6) is -1.28. The highest BCUT2D eigenvalue weighted by Gasteiger charge is 2.22. The van der Waals surface area contributed by atoms with E-state index < -0.39 is 11.6 Å². The van der Waals surface area contributed by atoms with Crippen LogP contribution in [0, 0.1) is 0 Å². The number of amides is 1. The van der Waals surface area contributed by atoms with Crippen LogP contribution in [0.2, 0.25) is 0 Å². The van der Waals surface area contributed by atoms with E-state index in [4.69, 9.17) is 9.15 Å². The van der Waals surface area contributed by atoms with E-state index in [0.717, 1.165) is 18.9 Å². The number of fused-ring (bicyclic) bond motifs is 1. The van der Waals surface area contributed by atoms with E-state index in [9.17, 15) is 14.4 Å². The second-order valence-electron chi connectivity index (χ2n) is 9.12. The van der Waals surface area contributed by atoms with Crippen LogP contribution in [-0.4, -0.2) is 17.5 Å². The molecule has 0 saturated carbocycles. The molecule has 0 spiro atoms. The van der Waals surface area contributed by atoms with E-state index in [1.165, 1.54) is 24.8 Å². The molecule has 0 aliphatic carbocycles. The van der Waals surface area contributed by atoms with Crippen molar-refractivity contribution in [2.24, 2.45) is 0 Å². The maximum Gasteiger partial charge on any atom is 0.374 e. The smallest absolute Gasteiger partial charge is 0.374 e. The summed E-state index contributed by atoms with van der Waals surface area (Å²) in [6.45, 7) is 7.37. The summed E-state index contributed by atoms with van der Waals surface area (Å²) in [6, 6.07) is 13.5. The van der Waals surface area contributed by atoms with Crippen molar-refractivity contribution < 1.29 is 18.7 Å². The minimum Gasteiger partial charge on any atom is -0.454 e. The molecule has 33 heavy (non-hydrogen) atoms. The van der Waals surface area contributed by atoms with Crippen molar-refractivity contribution in [3.63, 3.8) is 0 Å². The number of benzene rings is 2. The van der Waals surface area contributed by atoms with Crippen molar-refractivity contribution in [3.8, 4) is 0 Å². The van der Waals surface area contributed by atoms with E-state index in [1.807, 2.05) is 12.1 Å². The molecule has 0 aliphatic heterocycles. The third-order valence-corrected chi connectivity index (χ3v) is 5.14. The Morgan fingerprint density at radius 1 is 1.00 bits per heavy atom. The third-order valence-electron chi connectivity index (χ3n) is 5.14. The van der Waals surface area contributed by atoms with Gasteiger partial charge in [-0.2, -0.15) is 0 Å². The summed E-state index contributed by atoms with van der Waals surface area (Å²) >= 11 is 0. The Morgan fingerprint density at radius 2 is 1.73 bits per heavy atom. The zero-order valence-electron chi connectivity index (χ0n) is 19.7.